The SMILES string of the molecule is CCCc1nc(C)c(C(=O)N2CCOc3ccccc32)s1. The van der Waals surface area contributed by atoms with E-state index >= 15 is 0 Å². The molecule has 2 heterocycles. The van der Waals surface area contributed by atoms with Gasteiger partial charge in [0.05, 0.1) is 22.9 Å². The van der Waals surface area contributed by atoms with Crippen molar-refractivity contribution < 1.29 is 9.53 Å². The molecule has 0 saturated heterocycles. The predicted octanol–water partition coefficient (Wildman–Crippen LogP) is 3.44. The monoisotopic (exact) mass is 302 g/mol. The summed E-state index contributed by atoms with van der Waals surface area (Å²) >= 11 is 1.52. The quantitative estimate of drug-likeness (QED) is 0.872. The largest absolute Gasteiger partial charge is 0.490 e. The highest BCUT2D eigenvalue weighted by molar-refractivity contribution is 7.13. The summed E-state index contributed by atoms with van der Waals surface area (Å²) in [4.78, 5) is 19.9. The molecule has 0 spiro atoms. The molecule has 0 fully saturated rings. The molecule has 1 aliphatic heterocycles. The van der Waals surface area contributed by atoms with Gasteiger partial charge >= 0.3 is 0 Å². The first-order valence-electron chi connectivity index (χ1n) is 7.20. The average molecular weight is 302 g/mol. The molecule has 21 heavy (non-hydrogen) atoms. The number of aromatic nitrogens is 1. The fourth-order valence-electron chi connectivity index (χ4n) is 2.47. The molecule has 5 heteroatoms. The first kappa shape index (κ1) is 14.1. The molecule has 0 N–H and O–H groups in total. The smallest absolute Gasteiger partial charge is 0.270 e. The Hall–Kier alpha value is -1.88. The van der Waals surface area contributed by atoms with Gasteiger partial charge in [0, 0.05) is 0 Å². The third kappa shape index (κ3) is 2.65. The lowest BCUT2D eigenvalue weighted by Gasteiger charge is -2.29. The van der Waals surface area contributed by atoms with Gasteiger partial charge < -0.3 is 9.64 Å². The maximum absolute atomic E-state index is 12.8. The number of carbonyl (C=O) groups excluding carboxylic acids is 1. The Kier molecular flexibility index (Phi) is 3.92. The van der Waals surface area contributed by atoms with Crippen LogP contribution in [0.1, 0.15) is 33.7 Å². The van der Waals surface area contributed by atoms with Gasteiger partial charge in [-0.15, -0.1) is 11.3 Å². The van der Waals surface area contributed by atoms with Crippen LogP contribution in [0.25, 0.3) is 0 Å². The summed E-state index contributed by atoms with van der Waals surface area (Å²) in [7, 11) is 0. The second-order valence-corrected chi connectivity index (χ2v) is 6.13. The summed E-state index contributed by atoms with van der Waals surface area (Å²) in [6.07, 6.45) is 1.97. The number of rotatable bonds is 3. The van der Waals surface area contributed by atoms with Crippen LogP contribution in [-0.2, 0) is 6.42 Å². The van der Waals surface area contributed by atoms with Crippen molar-refractivity contribution in [2.45, 2.75) is 26.7 Å². The third-order valence-electron chi connectivity index (χ3n) is 3.47. The maximum Gasteiger partial charge on any atom is 0.270 e. The number of fused-ring (bicyclic) bond motifs is 1. The van der Waals surface area contributed by atoms with Crippen molar-refractivity contribution in [2.75, 3.05) is 18.1 Å². The fraction of sp³-hybridized carbons (Fsp3) is 0.375. The number of nitrogens with zero attached hydrogens (tertiary/aromatic N) is 2. The minimum absolute atomic E-state index is 0.0307. The van der Waals surface area contributed by atoms with Crippen LogP contribution in [0.5, 0.6) is 5.75 Å². The Balaban J connectivity index is 1.93. The van der Waals surface area contributed by atoms with Gasteiger partial charge in [-0.2, -0.15) is 0 Å². The van der Waals surface area contributed by atoms with E-state index in [0.29, 0.717) is 13.2 Å². The molecule has 3 rings (SSSR count). The predicted molar refractivity (Wildman–Crippen MR) is 84.5 cm³/mol. The van der Waals surface area contributed by atoms with Crippen molar-refractivity contribution in [1.82, 2.24) is 4.98 Å². The number of carbonyl (C=O) groups is 1. The van der Waals surface area contributed by atoms with Gasteiger partial charge in [0.25, 0.3) is 5.91 Å². The molecular weight excluding hydrogens is 284 g/mol. The number of anilines is 1. The Morgan fingerprint density at radius 3 is 3.05 bits per heavy atom. The standard InChI is InChI=1S/C16H18N2O2S/c1-3-6-14-17-11(2)15(21-14)16(19)18-9-10-20-13-8-5-4-7-12(13)18/h4-5,7-8H,3,6,9-10H2,1-2H3. The second kappa shape index (κ2) is 5.85. The van der Waals surface area contributed by atoms with E-state index in [9.17, 15) is 4.79 Å². The van der Waals surface area contributed by atoms with E-state index in [2.05, 4.69) is 11.9 Å². The number of hydrogen-bond donors (Lipinski definition) is 0. The molecular formula is C16H18N2O2S. The van der Waals surface area contributed by atoms with Crippen molar-refractivity contribution in [3.05, 3.63) is 39.8 Å². The van der Waals surface area contributed by atoms with E-state index in [-0.39, 0.29) is 5.91 Å². The molecule has 0 unspecified atom stereocenters. The van der Waals surface area contributed by atoms with E-state index in [1.54, 1.807) is 4.90 Å². The van der Waals surface area contributed by atoms with Gasteiger partial charge in [-0.05, 0) is 31.9 Å². The molecule has 2 aromatic rings. The molecule has 0 aliphatic carbocycles. The molecule has 0 bridgehead atoms. The average Bonchev–Trinajstić information content (AvgIpc) is 2.87. The Morgan fingerprint density at radius 2 is 2.24 bits per heavy atom. The normalized spacial score (nSPS) is 13.7. The first-order valence-corrected chi connectivity index (χ1v) is 8.02. The Labute approximate surface area is 128 Å². The minimum atomic E-state index is 0.0307. The number of ether oxygens (including phenoxy) is 1. The van der Waals surface area contributed by atoms with E-state index in [1.165, 1.54) is 11.3 Å². The van der Waals surface area contributed by atoms with Crippen molar-refractivity contribution >= 4 is 22.9 Å². The van der Waals surface area contributed by atoms with Crippen molar-refractivity contribution in [1.29, 1.82) is 0 Å². The van der Waals surface area contributed by atoms with Crippen LogP contribution in [0, 0.1) is 6.92 Å². The third-order valence-corrected chi connectivity index (χ3v) is 4.68. The molecule has 0 saturated carbocycles. The lowest BCUT2D eigenvalue weighted by atomic mass is 10.2. The number of thiazole rings is 1. The number of benzene rings is 1. The fourth-order valence-corrected chi connectivity index (χ4v) is 3.59. The van der Waals surface area contributed by atoms with Gasteiger partial charge in [-0.25, -0.2) is 4.98 Å². The summed E-state index contributed by atoms with van der Waals surface area (Å²) in [6, 6.07) is 7.67. The van der Waals surface area contributed by atoms with E-state index in [4.69, 9.17) is 4.74 Å². The molecule has 4 nitrogen and oxygen atoms in total. The summed E-state index contributed by atoms with van der Waals surface area (Å²) in [5.74, 6) is 0.802. The number of para-hydroxylation sites is 2. The zero-order valence-electron chi connectivity index (χ0n) is 12.3. The van der Waals surface area contributed by atoms with Gasteiger partial charge in [-0.3, -0.25) is 4.79 Å². The lowest BCUT2D eigenvalue weighted by Crippen LogP contribution is -2.37. The van der Waals surface area contributed by atoms with Crippen LogP contribution < -0.4 is 9.64 Å². The van der Waals surface area contributed by atoms with E-state index in [0.717, 1.165) is 39.9 Å². The molecule has 1 aromatic carbocycles. The van der Waals surface area contributed by atoms with Crippen LogP contribution >= 0.6 is 11.3 Å². The van der Waals surface area contributed by atoms with Crippen LogP contribution in [0.3, 0.4) is 0 Å². The zero-order valence-corrected chi connectivity index (χ0v) is 13.1. The van der Waals surface area contributed by atoms with Crippen LogP contribution in [-0.4, -0.2) is 24.0 Å². The minimum Gasteiger partial charge on any atom is -0.490 e. The van der Waals surface area contributed by atoms with Gasteiger partial charge in [0.2, 0.25) is 0 Å². The molecule has 110 valence electrons. The summed E-state index contributed by atoms with van der Waals surface area (Å²) in [6.45, 7) is 5.14. The van der Waals surface area contributed by atoms with Crippen LogP contribution in [0.15, 0.2) is 24.3 Å². The Bertz CT molecular complexity index is 666. The number of hydrogen-bond acceptors (Lipinski definition) is 4. The Morgan fingerprint density at radius 1 is 1.43 bits per heavy atom. The summed E-state index contributed by atoms with van der Waals surface area (Å²) in [5.41, 5.74) is 1.68. The number of amides is 1. The van der Waals surface area contributed by atoms with Gasteiger partial charge in [0.1, 0.15) is 17.2 Å². The maximum atomic E-state index is 12.8. The van der Waals surface area contributed by atoms with Gasteiger partial charge in [-0.1, -0.05) is 19.1 Å². The number of aryl methyl sites for hydroxylation is 2. The molecule has 0 radical (unpaired) electrons. The molecule has 1 aromatic heterocycles. The van der Waals surface area contributed by atoms with Crippen LogP contribution in [0.4, 0.5) is 5.69 Å². The van der Waals surface area contributed by atoms with Gasteiger partial charge in [0.15, 0.2) is 0 Å². The van der Waals surface area contributed by atoms with E-state index in [1.807, 2.05) is 31.2 Å². The topological polar surface area (TPSA) is 42.4 Å². The molecule has 0 atom stereocenters. The highest BCUT2D eigenvalue weighted by atomic mass is 32.1. The van der Waals surface area contributed by atoms with Crippen molar-refractivity contribution in [3.63, 3.8) is 0 Å². The summed E-state index contributed by atoms with van der Waals surface area (Å²) < 4.78 is 5.61. The van der Waals surface area contributed by atoms with Crippen LogP contribution in [0.2, 0.25) is 0 Å². The van der Waals surface area contributed by atoms with E-state index < -0.39 is 0 Å². The highest BCUT2D eigenvalue weighted by Gasteiger charge is 2.27. The lowest BCUT2D eigenvalue weighted by molar-refractivity contribution is 0.0979. The van der Waals surface area contributed by atoms with Crippen molar-refractivity contribution in [3.8, 4) is 5.75 Å². The highest BCUT2D eigenvalue weighted by Crippen LogP contribution is 2.33. The molecule has 1 amide bonds. The van der Waals surface area contributed by atoms with Crippen molar-refractivity contribution in [2.24, 2.45) is 0 Å². The zero-order chi connectivity index (χ0) is 14.8. The first-order chi connectivity index (χ1) is 10.2. The second-order valence-electron chi connectivity index (χ2n) is 5.05. The summed E-state index contributed by atoms with van der Waals surface area (Å²) in [5, 5.41) is 1.04. The molecule has 1 aliphatic rings.